The van der Waals surface area contributed by atoms with E-state index in [2.05, 4.69) is 4.74 Å². The molecular weight excluding hydrogens is 540 g/mol. The Bertz CT molecular complexity index is 1460. The molecule has 4 aromatic carbocycles. The van der Waals surface area contributed by atoms with Crippen LogP contribution in [0.4, 0.5) is 35.1 Å². The van der Waals surface area contributed by atoms with E-state index >= 15 is 4.39 Å². The molecule has 0 unspecified atom stereocenters. The molecule has 0 radical (unpaired) electrons. The van der Waals surface area contributed by atoms with E-state index in [4.69, 9.17) is 0 Å². The molecule has 40 heavy (non-hydrogen) atoms. The van der Waals surface area contributed by atoms with Crippen molar-refractivity contribution in [2.24, 2.45) is 0 Å². The second-order valence-corrected chi connectivity index (χ2v) is 9.66. The molecule has 4 rings (SSSR count). The molecule has 0 saturated heterocycles. The SMILES string of the molecule is CCCCCc1cc(F)c(-c2ccc3c(F)c(CCc4cc(F)c(OCC(F)(F)F)c(F)c4)ccc3c2)c(F)c1. The highest BCUT2D eigenvalue weighted by atomic mass is 19.4. The number of hydrogen-bond donors (Lipinski definition) is 0. The molecule has 0 spiro atoms. The van der Waals surface area contributed by atoms with Gasteiger partial charge in [0.25, 0.3) is 0 Å². The average Bonchev–Trinajstić information content (AvgIpc) is 2.87. The summed E-state index contributed by atoms with van der Waals surface area (Å²) < 4.78 is 114. The van der Waals surface area contributed by atoms with Gasteiger partial charge in [-0.1, -0.05) is 44.0 Å². The van der Waals surface area contributed by atoms with Crippen molar-refractivity contribution in [2.45, 2.75) is 51.6 Å². The summed E-state index contributed by atoms with van der Waals surface area (Å²) in [5.74, 6) is -5.71. The van der Waals surface area contributed by atoms with Gasteiger partial charge in [-0.3, -0.25) is 0 Å². The number of fused-ring (bicyclic) bond motifs is 1. The van der Waals surface area contributed by atoms with Crippen LogP contribution < -0.4 is 4.74 Å². The molecule has 0 aliphatic rings. The van der Waals surface area contributed by atoms with Crippen LogP contribution in [0.15, 0.2) is 54.6 Å². The number of alkyl halides is 3. The fraction of sp³-hybridized carbons (Fsp3) is 0.290. The van der Waals surface area contributed by atoms with Gasteiger partial charge in [-0.05, 0) is 83.7 Å². The second kappa shape index (κ2) is 12.3. The number of rotatable bonds is 10. The van der Waals surface area contributed by atoms with Gasteiger partial charge in [0.05, 0.1) is 5.56 Å². The Morgan fingerprint density at radius 1 is 0.675 bits per heavy atom. The lowest BCUT2D eigenvalue weighted by molar-refractivity contribution is -0.154. The Morgan fingerprint density at radius 2 is 1.30 bits per heavy atom. The molecule has 0 N–H and O–H groups in total. The lowest BCUT2D eigenvalue weighted by Crippen LogP contribution is -2.20. The summed E-state index contributed by atoms with van der Waals surface area (Å²) in [4.78, 5) is 0. The minimum atomic E-state index is -4.76. The fourth-order valence-corrected chi connectivity index (χ4v) is 4.64. The summed E-state index contributed by atoms with van der Waals surface area (Å²) in [5.41, 5.74) is 0.971. The second-order valence-electron chi connectivity index (χ2n) is 9.66. The summed E-state index contributed by atoms with van der Waals surface area (Å²) in [5, 5.41) is 0.610. The normalized spacial score (nSPS) is 11.8. The summed E-state index contributed by atoms with van der Waals surface area (Å²) in [7, 11) is 0. The van der Waals surface area contributed by atoms with E-state index in [9.17, 15) is 30.7 Å². The smallest absolute Gasteiger partial charge is 0.422 e. The Kier molecular flexibility index (Phi) is 9.01. The van der Waals surface area contributed by atoms with Crippen LogP contribution in [0.25, 0.3) is 21.9 Å². The minimum Gasteiger partial charge on any atom is -0.478 e. The van der Waals surface area contributed by atoms with E-state index in [1.165, 1.54) is 36.4 Å². The first-order valence-corrected chi connectivity index (χ1v) is 12.8. The van der Waals surface area contributed by atoms with Crippen LogP contribution in [0.3, 0.4) is 0 Å². The van der Waals surface area contributed by atoms with E-state index in [-0.39, 0.29) is 40.5 Å². The van der Waals surface area contributed by atoms with Gasteiger partial charge in [-0.2, -0.15) is 13.2 Å². The molecule has 0 aliphatic heterocycles. The van der Waals surface area contributed by atoms with E-state index in [1.54, 1.807) is 6.07 Å². The van der Waals surface area contributed by atoms with E-state index in [1.807, 2.05) is 6.92 Å². The third kappa shape index (κ3) is 6.92. The van der Waals surface area contributed by atoms with Crippen LogP contribution in [0.1, 0.15) is 42.9 Å². The molecule has 0 bridgehead atoms. The molecular formula is C31H26F8O. The van der Waals surface area contributed by atoms with E-state index < -0.39 is 47.6 Å². The van der Waals surface area contributed by atoms with Crippen LogP contribution in [0.2, 0.25) is 0 Å². The molecule has 1 nitrogen and oxygen atoms in total. The van der Waals surface area contributed by atoms with E-state index in [0.29, 0.717) is 17.4 Å². The van der Waals surface area contributed by atoms with Crippen molar-refractivity contribution in [1.29, 1.82) is 0 Å². The van der Waals surface area contributed by atoms with E-state index in [0.717, 1.165) is 31.4 Å². The summed E-state index contributed by atoms with van der Waals surface area (Å²) in [6, 6.07) is 11.7. The quantitative estimate of drug-likeness (QED) is 0.137. The largest absolute Gasteiger partial charge is 0.478 e. The summed E-state index contributed by atoms with van der Waals surface area (Å²) in [6.45, 7) is 0.202. The Hall–Kier alpha value is -3.62. The van der Waals surface area contributed by atoms with Gasteiger partial charge in [0.15, 0.2) is 24.0 Å². The molecule has 0 atom stereocenters. The number of benzene rings is 4. The third-order valence-electron chi connectivity index (χ3n) is 6.61. The zero-order valence-corrected chi connectivity index (χ0v) is 21.6. The fourth-order valence-electron chi connectivity index (χ4n) is 4.64. The molecule has 0 saturated carbocycles. The summed E-state index contributed by atoms with van der Waals surface area (Å²) in [6.07, 6.45) is -1.37. The van der Waals surface area contributed by atoms with Gasteiger partial charge in [0.1, 0.15) is 17.5 Å². The first-order valence-electron chi connectivity index (χ1n) is 12.8. The van der Waals surface area contributed by atoms with Crippen LogP contribution in [0.5, 0.6) is 5.75 Å². The predicted molar refractivity (Wildman–Crippen MR) is 138 cm³/mol. The molecule has 0 amide bonds. The molecule has 0 aliphatic carbocycles. The number of aryl methyl sites for hydroxylation is 3. The highest BCUT2D eigenvalue weighted by Crippen LogP contribution is 2.32. The van der Waals surface area contributed by atoms with Crippen LogP contribution in [-0.4, -0.2) is 12.8 Å². The van der Waals surface area contributed by atoms with Gasteiger partial charge in [0.2, 0.25) is 0 Å². The Balaban J connectivity index is 1.52. The Morgan fingerprint density at radius 3 is 1.93 bits per heavy atom. The topological polar surface area (TPSA) is 9.23 Å². The lowest BCUT2D eigenvalue weighted by Gasteiger charge is -2.13. The number of unbranched alkanes of at least 4 members (excludes halogenated alkanes) is 2. The number of hydrogen-bond acceptors (Lipinski definition) is 1. The highest BCUT2D eigenvalue weighted by molar-refractivity contribution is 5.88. The van der Waals surface area contributed by atoms with Crippen molar-refractivity contribution >= 4 is 10.8 Å². The molecule has 4 aromatic rings. The van der Waals surface area contributed by atoms with Crippen LogP contribution in [0, 0.1) is 29.1 Å². The highest BCUT2D eigenvalue weighted by Gasteiger charge is 2.30. The van der Waals surface area contributed by atoms with Crippen molar-refractivity contribution in [2.75, 3.05) is 6.61 Å². The minimum absolute atomic E-state index is 0.00503. The molecule has 0 fully saturated rings. The Labute approximate surface area is 226 Å². The van der Waals surface area contributed by atoms with Gasteiger partial charge in [0, 0.05) is 5.39 Å². The van der Waals surface area contributed by atoms with Gasteiger partial charge < -0.3 is 4.74 Å². The van der Waals surface area contributed by atoms with Gasteiger partial charge >= 0.3 is 6.18 Å². The van der Waals surface area contributed by atoms with Crippen molar-refractivity contribution in [3.8, 4) is 16.9 Å². The number of ether oxygens (including phenoxy) is 1. The first kappa shape index (κ1) is 29.4. The zero-order chi connectivity index (χ0) is 29.0. The van der Waals surface area contributed by atoms with Gasteiger partial charge in [-0.25, -0.2) is 22.0 Å². The molecule has 9 heteroatoms. The van der Waals surface area contributed by atoms with Crippen molar-refractivity contribution in [3.63, 3.8) is 0 Å². The maximum Gasteiger partial charge on any atom is 0.422 e. The lowest BCUT2D eigenvalue weighted by atomic mass is 9.95. The average molecular weight is 567 g/mol. The van der Waals surface area contributed by atoms with Crippen LogP contribution in [-0.2, 0) is 19.3 Å². The van der Waals surface area contributed by atoms with Crippen molar-refractivity contribution in [1.82, 2.24) is 0 Å². The van der Waals surface area contributed by atoms with Crippen molar-refractivity contribution in [3.05, 3.63) is 100 Å². The maximum atomic E-state index is 15.3. The third-order valence-corrected chi connectivity index (χ3v) is 6.61. The monoisotopic (exact) mass is 566 g/mol. The predicted octanol–water partition coefficient (Wildman–Crippen LogP) is 9.66. The first-order chi connectivity index (χ1) is 19.0. The van der Waals surface area contributed by atoms with Crippen molar-refractivity contribution < 1.29 is 39.9 Å². The standard InChI is InChI=1S/C31H26F8O/c1-2-3-4-5-18-12-24(32)28(25(33)13-18)22-10-11-23-21(16-22)9-8-20(29(23)36)7-6-19-14-26(34)30(27(35)15-19)40-17-31(37,38)39/h8-16H,2-7,17H2,1H3. The van der Waals surface area contributed by atoms with Crippen LogP contribution >= 0.6 is 0 Å². The maximum absolute atomic E-state index is 15.3. The van der Waals surface area contributed by atoms with Gasteiger partial charge in [-0.15, -0.1) is 0 Å². The number of halogens is 8. The summed E-state index contributed by atoms with van der Waals surface area (Å²) >= 11 is 0. The molecule has 0 heterocycles. The molecule has 212 valence electrons. The molecule has 0 aromatic heterocycles. The zero-order valence-electron chi connectivity index (χ0n) is 21.6.